The predicted octanol–water partition coefficient (Wildman–Crippen LogP) is 3.84. The summed E-state index contributed by atoms with van der Waals surface area (Å²) in [4.78, 5) is 16.3. The summed E-state index contributed by atoms with van der Waals surface area (Å²) < 4.78 is 24.7. The number of oxazole rings is 1. The molecule has 21 heavy (non-hydrogen) atoms. The van der Waals surface area contributed by atoms with E-state index in [4.69, 9.17) is 9.15 Å². The molecule has 0 atom stereocenters. The number of carbonyl (C=O) groups is 1. The molecule has 1 aromatic heterocycles. The van der Waals surface area contributed by atoms with Gasteiger partial charge in [-0.2, -0.15) is 0 Å². The first-order valence-electron chi connectivity index (χ1n) is 7.05. The summed E-state index contributed by atoms with van der Waals surface area (Å²) in [5.74, 6) is -0.450. The lowest BCUT2D eigenvalue weighted by Crippen LogP contribution is -2.05. The number of halogens is 1. The molecule has 1 aromatic carbocycles. The molecule has 5 heteroatoms. The first kappa shape index (κ1) is 13.8. The third kappa shape index (κ3) is 2.55. The summed E-state index contributed by atoms with van der Waals surface area (Å²) in [5.41, 5.74) is 1.37. The number of aromatic nitrogens is 1. The Kier molecular flexibility index (Phi) is 3.49. The highest BCUT2D eigenvalue weighted by Gasteiger charge is 2.34. The number of hydrogen-bond acceptors (Lipinski definition) is 4. The molecule has 1 aliphatic rings. The fraction of sp³-hybridized carbons (Fsp3) is 0.375. The summed E-state index contributed by atoms with van der Waals surface area (Å²) in [7, 11) is 0. The zero-order valence-corrected chi connectivity index (χ0v) is 12.0. The van der Waals surface area contributed by atoms with Crippen LogP contribution in [0.4, 0.5) is 4.39 Å². The monoisotopic (exact) mass is 289 g/mol. The van der Waals surface area contributed by atoms with Gasteiger partial charge in [0.15, 0.2) is 0 Å². The highest BCUT2D eigenvalue weighted by Crippen LogP contribution is 2.42. The lowest BCUT2D eigenvalue weighted by atomic mass is 10.1. The van der Waals surface area contributed by atoms with Crippen LogP contribution < -0.4 is 0 Å². The largest absolute Gasteiger partial charge is 0.460 e. The number of carbonyl (C=O) groups excluding carboxylic acids is 1. The average Bonchev–Trinajstić information content (AvgIpc) is 3.21. The lowest BCUT2D eigenvalue weighted by molar-refractivity contribution is 0.0489. The minimum atomic E-state index is -0.536. The van der Waals surface area contributed by atoms with Crippen molar-refractivity contribution >= 4 is 5.97 Å². The van der Waals surface area contributed by atoms with Crippen molar-refractivity contribution in [1.82, 2.24) is 4.98 Å². The molecule has 0 aliphatic heterocycles. The minimum Gasteiger partial charge on any atom is -0.460 e. The second-order valence-corrected chi connectivity index (χ2v) is 5.16. The summed E-state index contributed by atoms with van der Waals surface area (Å²) >= 11 is 0. The highest BCUT2D eigenvalue weighted by molar-refractivity contribution is 5.88. The zero-order valence-electron chi connectivity index (χ0n) is 12.0. The van der Waals surface area contributed by atoms with Crippen LogP contribution in [-0.4, -0.2) is 17.6 Å². The van der Waals surface area contributed by atoms with E-state index in [-0.39, 0.29) is 35.6 Å². The van der Waals surface area contributed by atoms with Crippen LogP contribution in [0.3, 0.4) is 0 Å². The van der Waals surface area contributed by atoms with Gasteiger partial charge in [0.1, 0.15) is 5.82 Å². The van der Waals surface area contributed by atoms with Crippen LogP contribution in [-0.2, 0) is 4.74 Å². The van der Waals surface area contributed by atoms with Gasteiger partial charge in [-0.15, -0.1) is 0 Å². The van der Waals surface area contributed by atoms with Crippen LogP contribution in [0.25, 0.3) is 11.5 Å². The van der Waals surface area contributed by atoms with Gasteiger partial charge in [0.05, 0.1) is 17.9 Å². The molecule has 1 heterocycles. The third-order valence-corrected chi connectivity index (χ3v) is 3.50. The Labute approximate surface area is 121 Å². The van der Waals surface area contributed by atoms with Crippen molar-refractivity contribution in [2.45, 2.75) is 32.6 Å². The number of esters is 1. The molecule has 0 N–H and O–H groups in total. The summed E-state index contributed by atoms with van der Waals surface area (Å²) in [6.07, 6.45) is 1.93. The summed E-state index contributed by atoms with van der Waals surface area (Å²) in [6.45, 7) is 3.67. The van der Waals surface area contributed by atoms with Crippen LogP contribution in [0.1, 0.15) is 47.5 Å². The molecule has 2 aromatic rings. The number of aryl methyl sites for hydroxylation is 1. The summed E-state index contributed by atoms with van der Waals surface area (Å²) in [5, 5.41) is 0. The van der Waals surface area contributed by atoms with E-state index in [1.165, 1.54) is 0 Å². The van der Waals surface area contributed by atoms with E-state index >= 15 is 0 Å². The number of benzene rings is 1. The second kappa shape index (κ2) is 5.31. The van der Waals surface area contributed by atoms with Gasteiger partial charge in [-0.05, 0) is 38.3 Å². The Hall–Kier alpha value is -2.17. The zero-order chi connectivity index (χ0) is 15.0. The third-order valence-electron chi connectivity index (χ3n) is 3.50. The molecule has 3 rings (SSSR count). The quantitative estimate of drug-likeness (QED) is 0.802. The lowest BCUT2D eigenvalue weighted by Gasteiger charge is -2.01. The molecular formula is C16H16FNO3. The van der Waals surface area contributed by atoms with E-state index in [2.05, 4.69) is 4.98 Å². The van der Waals surface area contributed by atoms with Crippen molar-refractivity contribution in [2.24, 2.45) is 0 Å². The molecule has 1 fully saturated rings. The maximum absolute atomic E-state index is 14.2. The smallest absolute Gasteiger partial charge is 0.376 e. The number of ether oxygens (including phenoxy) is 1. The molecule has 0 bridgehead atoms. The first-order valence-corrected chi connectivity index (χ1v) is 7.05. The van der Waals surface area contributed by atoms with Gasteiger partial charge in [-0.25, -0.2) is 14.2 Å². The molecule has 0 unspecified atom stereocenters. The van der Waals surface area contributed by atoms with E-state index in [1.807, 2.05) is 0 Å². The average molecular weight is 289 g/mol. The topological polar surface area (TPSA) is 52.3 Å². The molecule has 1 aliphatic carbocycles. The molecule has 0 spiro atoms. The Morgan fingerprint density at radius 1 is 1.48 bits per heavy atom. The minimum absolute atomic E-state index is 0.107. The second-order valence-electron chi connectivity index (χ2n) is 5.16. The van der Waals surface area contributed by atoms with E-state index in [1.54, 1.807) is 32.0 Å². The molecule has 110 valence electrons. The predicted molar refractivity (Wildman–Crippen MR) is 74.6 cm³/mol. The van der Waals surface area contributed by atoms with Gasteiger partial charge in [0.2, 0.25) is 11.7 Å². The highest BCUT2D eigenvalue weighted by atomic mass is 19.1. The Balaban J connectivity index is 2.06. The van der Waals surface area contributed by atoms with Gasteiger partial charge in [-0.3, -0.25) is 0 Å². The SMILES string of the molecule is CCOC(=O)c1oc(-c2cccc(C)c2F)nc1C1CC1. The molecule has 0 radical (unpaired) electrons. The van der Waals surface area contributed by atoms with E-state index in [0.717, 1.165) is 12.8 Å². The van der Waals surface area contributed by atoms with Gasteiger partial charge in [0.25, 0.3) is 0 Å². The van der Waals surface area contributed by atoms with E-state index in [9.17, 15) is 9.18 Å². The number of nitrogens with zero attached hydrogens (tertiary/aromatic N) is 1. The molecule has 0 amide bonds. The van der Waals surface area contributed by atoms with Gasteiger partial charge >= 0.3 is 5.97 Å². The normalized spacial score (nSPS) is 14.2. The van der Waals surface area contributed by atoms with Crippen molar-refractivity contribution in [3.05, 3.63) is 41.0 Å². The molecule has 0 saturated heterocycles. The molecular weight excluding hydrogens is 273 g/mol. The van der Waals surface area contributed by atoms with Crippen LogP contribution >= 0.6 is 0 Å². The molecule has 1 saturated carbocycles. The number of rotatable bonds is 4. The van der Waals surface area contributed by atoms with Gasteiger partial charge < -0.3 is 9.15 Å². The molecule has 4 nitrogen and oxygen atoms in total. The first-order chi connectivity index (χ1) is 10.1. The maximum atomic E-state index is 14.2. The van der Waals surface area contributed by atoms with E-state index < -0.39 is 5.97 Å². The fourth-order valence-electron chi connectivity index (χ4n) is 2.24. The van der Waals surface area contributed by atoms with Gasteiger partial charge in [-0.1, -0.05) is 12.1 Å². The van der Waals surface area contributed by atoms with Crippen molar-refractivity contribution in [2.75, 3.05) is 6.61 Å². The van der Waals surface area contributed by atoms with Crippen molar-refractivity contribution in [1.29, 1.82) is 0 Å². The van der Waals surface area contributed by atoms with Crippen molar-refractivity contribution < 1.29 is 18.3 Å². The Morgan fingerprint density at radius 3 is 2.90 bits per heavy atom. The van der Waals surface area contributed by atoms with Crippen LogP contribution in [0.15, 0.2) is 22.6 Å². The standard InChI is InChI=1S/C16H16FNO3/c1-3-20-16(19)14-13(10-7-8-10)18-15(21-14)11-6-4-5-9(2)12(11)17/h4-6,10H,3,7-8H2,1-2H3. The fourth-order valence-corrected chi connectivity index (χ4v) is 2.24. The summed E-state index contributed by atoms with van der Waals surface area (Å²) in [6, 6.07) is 5.01. The van der Waals surface area contributed by atoms with Crippen LogP contribution in [0.2, 0.25) is 0 Å². The van der Waals surface area contributed by atoms with Crippen molar-refractivity contribution in [3.63, 3.8) is 0 Å². The maximum Gasteiger partial charge on any atom is 0.376 e. The van der Waals surface area contributed by atoms with Crippen LogP contribution in [0.5, 0.6) is 0 Å². The van der Waals surface area contributed by atoms with Crippen LogP contribution in [0, 0.1) is 12.7 Å². The Morgan fingerprint density at radius 2 is 2.24 bits per heavy atom. The Bertz CT molecular complexity index is 689. The van der Waals surface area contributed by atoms with Crippen molar-refractivity contribution in [3.8, 4) is 11.5 Å². The van der Waals surface area contributed by atoms with Gasteiger partial charge in [0, 0.05) is 5.92 Å². The number of hydrogen-bond donors (Lipinski definition) is 0. The van der Waals surface area contributed by atoms with E-state index in [0.29, 0.717) is 11.3 Å².